The van der Waals surface area contributed by atoms with Crippen LogP contribution in [0.25, 0.3) is 0 Å². The maximum atomic E-state index is 12.3. The van der Waals surface area contributed by atoms with Gasteiger partial charge in [-0.05, 0) is 38.2 Å². The van der Waals surface area contributed by atoms with Crippen LogP contribution < -0.4 is 5.32 Å². The first-order valence-electron chi connectivity index (χ1n) is 8.77. The van der Waals surface area contributed by atoms with Crippen LogP contribution in [0.5, 0.6) is 0 Å². The minimum Gasteiger partial charge on any atom is -0.465 e. The zero-order valence-electron chi connectivity index (χ0n) is 15.2. The lowest BCUT2D eigenvalue weighted by Gasteiger charge is -2.12. The van der Waals surface area contributed by atoms with E-state index in [0.29, 0.717) is 10.6 Å². The standard InChI is InChI=1S/C18H21Cl2NO5S/c1-17(9-18(17,19)20)16(24)26-8-12(22)21-14-13(15(23)25-2)10-6-4-3-5-7-11(10)27-14/h3-9H2,1-2H3,(H,21,22). The van der Waals surface area contributed by atoms with Crippen LogP contribution in [0, 0.1) is 5.41 Å². The van der Waals surface area contributed by atoms with E-state index in [9.17, 15) is 14.4 Å². The molecule has 2 aliphatic carbocycles. The first-order valence-corrected chi connectivity index (χ1v) is 10.3. The number of aryl methyl sites for hydroxylation is 1. The number of carbonyl (C=O) groups excluding carboxylic acids is 3. The van der Waals surface area contributed by atoms with E-state index in [-0.39, 0.29) is 6.42 Å². The van der Waals surface area contributed by atoms with Crippen LogP contribution in [0.2, 0.25) is 0 Å². The normalized spacial score (nSPS) is 23.0. The molecule has 1 saturated carbocycles. The van der Waals surface area contributed by atoms with Crippen molar-refractivity contribution < 1.29 is 23.9 Å². The molecule has 1 aromatic rings. The van der Waals surface area contributed by atoms with Crippen molar-refractivity contribution >= 4 is 57.4 Å². The van der Waals surface area contributed by atoms with Gasteiger partial charge in [0.25, 0.3) is 5.91 Å². The third-order valence-corrected chi connectivity index (χ3v) is 7.42. The third-order valence-electron chi connectivity index (χ3n) is 5.11. The maximum absolute atomic E-state index is 12.3. The molecule has 0 spiro atoms. The summed E-state index contributed by atoms with van der Waals surface area (Å²) in [6.07, 6.45) is 5.11. The summed E-state index contributed by atoms with van der Waals surface area (Å²) in [5, 5.41) is 3.13. The summed E-state index contributed by atoms with van der Waals surface area (Å²) in [7, 11) is 1.32. The number of methoxy groups -OCH3 is 1. The Morgan fingerprint density at radius 1 is 1.19 bits per heavy atom. The average molecular weight is 434 g/mol. The van der Waals surface area contributed by atoms with Crippen molar-refractivity contribution in [2.75, 3.05) is 19.0 Å². The molecule has 0 aliphatic heterocycles. The molecule has 0 saturated heterocycles. The van der Waals surface area contributed by atoms with E-state index in [1.165, 1.54) is 18.4 Å². The number of ether oxygens (including phenoxy) is 2. The first kappa shape index (κ1) is 20.4. The van der Waals surface area contributed by atoms with Crippen molar-refractivity contribution in [3.05, 3.63) is 16.0 Å². The van der Waals surface area contributed by atoms with Crippen LogP contribution in [-0.2, 0) is 31.9 Å². The van der Waals surface area contributed by atoms with Gasteiger partial charge in [-0.1, -0.05) is 6.42 Å². The summed E-state index contributed by atoms with van der Waals surface area (Å²) in [4.78, 5) is 37.7. The molecular weight excluding hydrogens is 413 g/mol. The van der Waals surface area contributed by atoms with Gasteiger partial charge in [-0.15, -0.1) is 34.5 Å². The van der Waals surface area contributed by atoms with Crippen molar-refractivity contribution in [3.63, 3.8) is 0 Å². The zero-order chi connectivity index (χ0) is 19.8. The van der Waals surface area contributed by atoms with Crippen LogP contribution in [0.4, 0.5) is 5.00 Å². The van der Waals surface area contributed by atoms with Crippen LogP contribution in [0.1, 0.15) is 53.4 Å². The van der Waals surface area contributed by atoms with Crippen molar-refractivity contribution in [1.82, 2.24) is 0 Å². The number of anilines is 1. The maximum Gasteiger partial charge on any atom is 0.341 e. The minimum absolute atomic E-state index is 0.285. The summed E-state index contributed by atoms with van der Waals surface area (Å²) in [6, 6.07) is 0. The molecule has 1 atom stereocenters. The highest BCUT2D eigenvalue weighted by Gasteiger charge is 2.69. The molecule has 148 valence electrons. The number of alkyl halides is 2. The first-order chi connectivity index (χ1) is 12.7. The molecule has 3 rings (SSSR count). The quantitative estimate of drug-likeness (QED) is 0.432. The van der Waals surface area contributed by atoms with Crippen molar-refractivity contribution in [1.29, 1.82) is 0 Å². The Labute approximate surface area is 171 Å². The minimum atomic E-state index is -1.15. The molecule has 1 aromatic heterocycles. The smallest absolute Gasteiger partial charge is 0.341 e. The number of hydrogen-bond donors (Lipinski definition) is 1. The van der Waals surface area contributed by atoms with Gasteiger partial charge in [-0.25, -0.2) is 4.79 Å². The second kappa shape index (κ2) is 7.60. The van der Waals surface area contributed by atoms with E-state index >= 15 is 0 Å². The highest BCUT2D eigenvalue weighted by molar-refractivity contribution is 7.17. The number of nitrogens with one attached hydrogen (secondary N) is 1. The molecule has 1 fully saturated rings. The van der Waals surface area contributed by atoms with E-state index in [1.807, 2.05) is 0 Å². The fourth-order valence-corrected chi connectivity index (χ4v) is 5.21. The predicted molar refractivity (Wildman–Crippen MR) is 104 cm³/mol. The Hall–Kier alpha value is -1.31. The third kappa shape index (κ3) is 3.96. The molecule has 0 radical (unpaired) electrons. The zero-order valence-corrected chi connectivity index (χ0v) is 17.5. The van der Waals surface area contributed by atoms with Crippen molar-refractivity contribution in [2.24, 2.45) is 5.41 Å². The summed E-state index contributed by atoms with van der Waals surface area (Å²) < 4.78 is 8.81. The number of halogens is 2. The topological polar surface area (TPSA) is 81.7 Å². The number of hydrogen-bond acceptors (Lipinski definition) is 6. The number of fused-ring (bicyclic) bond motifs is 1. The molecular formula is C18H21Cl2NO5S. The monoisotopic (exact) mass is 433 g/mol. The molecule has 0 aromatic carbocycles. The second-order valence-corrected chi connectivity index (χ2v) is 9.69. The molecule has 6 nitrogen and oxygen atoms in total. The Balaban J connectivity index is 1.69. The lowest BCUT2D eigenvalue weighted by Crippen LogP contribution is -2.27. The number of rotatable bonds is 5. The molecule has 9 heteroatoms. The van der Waals surface area contributed by atoms with E-state index in [4.69, 9.17) is 32.7 Å². The van der Waals surface area contributed by atoms with Gasteiger partial charge in [0, 0.05) is 11.3 Å². The molecule has 0 bridgehead atoms. The summed E-state index contributed by atoms with van der Waals surface area (Å²) >= 11 is 13.3. The lowest BCUT2D eigenvalue weighted by molar-refractivity contribution is -0.152. The SMILES string of the molecule is COC(=O)c1c(NC(=O)COC(=O)C2(C)CC2(Cl)Cl)sc2c1CCCCC2. The van der Waals surface area contributed by atoms with E-state index in [0.717, 1.165) is 42.5 Å². The Morgan fingerprint density at radius 2 is 1.85 bits per heavy atom. The van der Waals surface area contributed by atoms with Gasteiger partial charge in [0.05, 0.1) is 12.7 Å². The molecule has 1 N–H and O–H groups in total. The van der Waals surface area contributed by atoms with Crippen molar-refractivity contribution in [2.45, 2.75) is 49.8 Å². The second-order valence-electron chi connectivity index (χ2n) is 7.10. The van der Waals surface area contributed by atoms with Gasteiger partial charge in [-0.2, -0.15) is 0 Å². The predicted octanol–water partition coefficient (Wildman–Crippen LogP) is 3.87. The Kier molecular flexibility index (Phi) is 5.75. The molecule has 27 heavy (non-hydrogen) atoms. The fraction of sp³-hybridized carbons (Fsp3) is 0.611. The van der Waals surface area contributed by atoms with Gasteiger partial charge in [0.15, 0.2) is 6.61 Å². The largest absolute Gasteiger partial charge is 0.465 e. The number of esters is 2. The number of carbonyl (C=O) groups is 3. The fourth-order valence-electron chi connectivity index (χ4n) is 3.22. The van der Waals surface area contributed by atoms with Crippen LogP contribution in [0.3, 0.4) is 0 Å². The number of thiophene rings is 1. The van der Waals surface area contributed by atoms with Gasteiger partial charge in [-0.3, -0.25) is 9.59 Å². The van der Waals surface area contributed by atoms with E-state index < -0.39 is 34.2 Å². The average Bonchev–Trinajstić information content (AvgIpc) is 3.09. The molecule has 1 unspecified atom stereocenters. The molecule has 1 heterocycles. The van der Waals surface area contributed by atoms with E-state index in [2.05, 4.69) is 5.32 Å². The summed E-state index contributed by atoms with van der Waals surface area (Å²) in [5.41, 5.74) is 0.373. The van der Waals surface area contributed by atoms with Gasteiger partial charge in [0.2, 0.25) is 0 Å². The Morgan fingerprint density at radius 3 is 2.48 bits per heavy atom. The van der Waals surface area contributed by atoms with E-state index in [1.54, 1.807) is 6.92 Å². The molecule has 2 aliphatic rings. The Bertz CT molecular complexity index is 791. The molecule has 1 amide bonds. The lowest BCUT2D eigenvalue weighted by atomic mass is 10.1. The van der Waals surface area contributed by atoms with Crippen molar-refractivity contribution in [3.8, 4) is 0 Å². The van der Waals surface area contributed by atoms with Crippen LogP contribution in [0.15, 0.2) is 0 Å². The summed E-state index contributed by atoms with van der Waals surface area (Å²) in [5.74, 6) is -1.61. The highest BCUT2D eigenvalue weighted by Crippen LogP contribution is 2.64. The van der Waals surface area contributed by atoms with Gasteiger partial charge >= 0.3 is 11.9 Å². The van der Waals surface area contributed by atoms with Crippen LogP contribution in [-0.4, -0.2) is 35.9 Å². The van der Waals surface area contributed by atoms with Gasteiger partial charge in [0.1, 0.15) is 14.7 Å². The van der Waals surface area contributed by atoms with Gasteiger partial charge < -0.3 is 14.8 Å². The number of amides is 1. The highest BCUT2D eigenvalue weighted by atomic mass is 35.5. The van der Waals surface area contributed by atoms with Crippen LogP contribution >= 0.6 is 34.5 Å². The summed E-state index contributed by atoms with van der Waals surface area (Å²) in [6.45, 7) is 1.13.